The Balaban J connectivity index is 1.58. The number of hydrogen-bond acceptors (Lipinski definition) is 7. The Morgan fingerprint density at radius 3 is 2.96 bits per heavy atom. The van der Waals surface area contributed by atoms with Gasteiger partial charge < -0.3 is 15.5 Å². The third-order valence-electron chi connectivity index (χ3n) is 4.47. The number of halogens is 1. The van der Waals surface area contributed by atoms with Crippen LogP contribution in [-0.4, -0.2) is 56.5 Å². The maximum atomic E-state index is 12.2. The van der Waals surface area contributed by atoms with Gasteiger partial charge >= 0.3 is 0 Å². The van der Waals surface area contributed by atoms with Crippen molar-refractivity contribution in [3.63, 3.8) is 0 Å². The quantitative estimate of drug-likeness (QED) is 0.567. The number of aromatic nitrogens is 4. The first-order valence-electron chi connectivity index (χ1n) is 8.72. The minimum absolute atomic E-state index is 0.0792. The second kappa shape index (κ2) is 7.48. The first-order chi connectivity index (χ1) is 13.1. The van der Waals surface area contributed by atoms with E-state index in [-0.39, 0.29) is 23.5 Å². The standard InChI is InChI=1S/C17H18ClN7O2/c18-14-8-15(23-17(22-14)24-5-3-19-10-24)25-6-4-20-12(13(25)9-26)7-16(27)21-11-1-2-11/h3,5,8,10-12,20H,1-2,4,6-7H2,(H,21,27). The summed E-state index contributed by atoms with van der Waals surface area (Å²) in [6.07, 6.45) is 7.08. The van der Waals surface area contributed by atoms with E-state index < -0.39 is 6.04 Å². The van der Waals surface area contributed by atoms with E-state index in [1.165, 1.54) is 0 Å². The normalized spacial score (nSPS) is 19.7. The molecule has 1 amide bonds. The van der Waals surface area contributed by atoms with Crippen LogP contribution in [-0.2, 0) is 9.59 Å². The maximum absolute atomic E-state index is 12.2. The van der Waals surface area contributed by atoms with E-state index in [0.717, 1.165) is 12.8 Å². The van der Waals surface area contributed by atoms with Gasteiger partial charge in [-0.2, -0.15) is 4.98 Å². The Morgan fingerprint density at radius 2 is 2.26 bits per heavy atom. The summed E-state index contributed by atoms with van der Waals surface area (Å²) in [5.74, 6) is 2.73. The number of rotatable bonds is 5. The summed E-state index contributed by atoms with van der Waals surface area (Å²) in [6.45, 7) is 1.09. The second-order valence-electron chi connectivity index (χ2n) is 6.51. The lowest BCUT2D eigenvalue weighted by Gasteiger charge is -2.34. The van der Waals surface area contributed by atoms with Crippen molar-refractivity contribution in [3.8, 4) is 5.95 Å². The van der Waals surface area contributed by atoms with Gasteiger partial charge in [0.25, 0.3) is 0 Å². The molecule has 2 aromatic rings. The van der Waals surface area contributed by atoms with Crippen molar-refractivity contribution in [2.45, 2.75) is 31.3 Å². The zero-order valence-corrected chi connectivity index (χ0v) is 15.2. The van der Waals surface area contributed by atoms with E-state index in [1.54, 1.807) is 34.3 Å². The average Bonchev–Trinajstić information content (AvgIpc) is 3.29. The van der Waals surface area contributed by atoms with Gasteiger partial charge in [0, 0.05) is 44.0 Å². The molecule has 2 aliphatic rings. The molecule has 27 heavy (non-hydrogen) atoms. The smallest absolute Gasteiger partial charge is 0.238 e. The van der Waals surface area contributed by atoms with Crippen molar-refractivity contribution in [1.29, 1.82) is 0 Å². The van der Waals surface area contributed by atoms with Gasteiger partial charge in [0.1, 0.15) is 28.9 Å². The molecular weight excluding hydrogens is 370 g/mol. The molecule has 0 bridgehead atoms. The highest BCUT2D eigenvalue weighted by Crippen LogP contribution is 2.25. The van der Waals surface area contributed by atoms with Crippen LogP contribution >= 0.6 is 11.6 Å². The SMILES string of the molecule is O=C=C1C(CC(=O)NC2CC2)NCCN1c1cc(Cl)nc(-n2ccnc2)n1. The highest BCUT2D eigenvalue weighted by Gasteiger charge is 2.31. The monoisotopic (exact) mass is 387 g/mol. The fourth-order valence-electron chi connectivity index (χ4n) is 3.01. The Hall–Kier alpha value is -2.74. The van der Waals surface area contributed by atoms with Gasteiger partial charge in [-0.05, 0) is 12.8 Å². The van der Waals surface area contributed by atoms with E-state index in [4.69, 9.17) is 11.6 Å². The number of nitrogens with zero attached hydrogens (tertiary/aromatic N) is 5. The minimum Gasteiger partial charge on any atom is -0.353 e. The highest BCUT2D eigenvalue weighted by molar-refractivity contribution is 6.29. The molecule has 2 fully saturated rings. The number of nitrogens with one attached hydrogen (secondary N) is 2. The van der Waals surface area contributed by atoms with Crippen LogP contribution in [0.5, 0.6) is 0 Å². The molecule has 2 N–H and O–H groups in total. The van der Waals surface area contributed by atoms with E-state index in [9.17, 15) is 9.59 Å². The zero-order valence-electron chi connectivity index (χ0n) is 14.4. The van der Waals surface area contributed by atoms with Crippen LogP contribution in [0.1, 0.15) is 19.3 Å². The Bertz CT molecular complexity index is 891. The van der Waals surface area contributed by atoms with Gasteiger partial charge in [0.15, 0.2) is 0 Å². The van der Waals surface area contributed by atoms with Gasteiger partial charge in [-0.25, -0.2) is 14.8 Å². The summed E-state index contributed by atoms with van der Waals surface area (Å²) < 4.78 is 1.63. The van der Waals surface area contributed by atoms with E-state index >= 15 is 0 Å². The molecule has 3 heterocycles. The molecule has 2 aromatic heterocycles. The number of hydrogen-bond donors (Lipinski definition) is 2. The molecule has 4 rings (SSSR count). The molecule has 1 aliphatic heterocycles. The molecule has 10 heteroatoms. The number of anilines is 1. The first kappa shape index (κ1) is 17.7. The van der Waals surface area contributed by atoms with E-state index in [1.807, 2.05) is 5.94 Å². The van der Waals surface area contributed by atoms with Gasteiger partial charge in [-0.1, -0.05) is 11.6 Å². The summed E-state index contributed by atoms with van der Waals surface area (Å²) in [4.78, 5) is 38.3. The van der Waals surface area contributed by atoms with Gasteiger partial charge in [0.05, 0.1) is 6.04 Å². The average molecular weight is 388 g/mol. The van der Waals surface area contributed by atoms with Crippen LogP contribution < -0.4 is 15.5 Å². The predicted molar refractivity (Wildman–Crippen MR) is 98.3 cm³/mol. The zero-order chi connectivity index (χ0) is 18.8. The molecule has 0 aromatic carbocycles. The van der Waals surface area contributed by atoms with Crippen LogP contribution in [0.4, 0.5) is 5.82 Å². The van der Waals surface area contributed by atoms with Gasteiger partial charge in [0.2, 0.25) is 11.9 Å². The van der Waals surface area contributed by atoms with Crippen molar-refractivity contribution < 1.29 is 9.59 Å². The topological polar surface area (TPSA) is 105 Å². The molecule has 1 aliphatic carbocycles. The molecule has 9 nitrogen and oxygen atoms in total. The summed E-state index contributed by atoms with van der Waals surface area (Å²) in [7, 11) is 0. The third kappa shape index (κ3) is 4.00. The van der Waals surface area contributed by atoms with Crippen molar-refractivity contribution in [1.82, 2.24) is 30.2 Å². The predicted octanol–water partition coefficient (Wildman–Crippen LogP) is 0.478. The summed E-state index contributed by atoms with van der Waals surface area (Å²) in [6, 6.07) is 1.44. The molecule has 0 radical (unpaired) electrons. The third-order valence-corrected chi connectivity index (χ3v) is 4.66. The summed E-state index contributed by atoms with van der Waals surface area (Å²) in [5, 5.41) is 6.39. The van der Waals surface area contributed by atoms with E-state index in [2.05, 4.69) is 25.6 Å². The van der Waals surface area contributed by atoms with Crippen LogP contribution in [0.25, 0.3) is 5.95 Å². The van der Waals surface area contributed by atoms with Crippen molar-refractivity contribution in [2.24, 2.45) is 0 Å². The largest absolute Gasteiger partial charge is 0.353 e. The van der Waals surface area contributed by atoms with Crippen molar-refractivity contribution in [2.75, 3.05) is 18.0 Å². The molecule has 1 atom stereocenters. The maximum Gasteiger partial charge on any atom is 0.238 e. The highest BCUT2D eigenvalue weighted by atomic mass is 35.5. The number of imidazole rings is 1. The summed E-state index contributed by atoms with van der Waals surface area (Å²) >= 11 is 6.16. The Labute approximate surface area is 160 Å². The van der Waals surface area contributed by atoms with Crippen LogP contribution in [0.2, 0.25) is 5.15 Å². The molecule has 140 valence electrons. The second-order valence-corrected chi connectivity index (χ2v) is 6.90. The fraction of sp³-hybridized carbons (Fsp3) is 0.412. The number of piperazine rings is 1. The Morgan fingerprint density at radius 1 is 1.41 bits per heavy atom. The molecular formula is C17H18ClN7O2. The van der Waals surface area contributed by atoms with Gasteiger partial charge in [-0.15, -0.1) is 0 Å². The fourth-order valence-corrected chi connectivity index (χ4v) is 3.19. The molecule has 0 spiro atoms. The van der Waals surface area contributed by atoms with Crippen LogP contribution in [0, 0.1) is 0 Å². The summed E-state index contributed by atoms with van der Waals surface area (Å²) in [5.41, 5.74) is 0.332. The first-order valence-corrected chi connectivity index (χ1v) is 9.10. The lowest BCUT2D eigenvalue weighted by molar-refractivity contribution is -0.121. The lowest BCUT2D eigenvalue weighted by Crippen LogP contribution is -2.51. The Kier molecular flexibility index (Phi) is 4.89. The van der Waals surface area contributed by atoms with Crippen molar-refractivity contribution in [3.05, 3.63) is 35.6 Å². The van der Waals surface area contributed by atoms with Crippen LogP contribution in [0.15, 0.2) is 30.5 Å². The van der Waals surface area contributed by atoms with E-state index in [0.29, 0.717) is 30.6 Å². The minimum atomic E-state index is -0.430. The number of amides is 1. The molecule has 1 saturated heterocycles. The van der Waals surface area contributed by atoms with Gasteiger partial charge in [-0.3, -0.25) is 9.36 Å². The van der Waals surface area contributed by atoms with Crippen LogP contribution in [0.3, 0.4) is 0 Å². The number of carbonyl (C=O) groups excluding carboxylic acids is 2. The number of carbonyl (C=O) groups is 1. The molecule has 1 saturated carbocycles. The van der Waals surface area contributed by atoms with Crippen molar-refractivity contribution >= 4 is 29.3 Å². The lowest BCUT2D eigenvalue weighted by atomic mass is 10.1. The molecule has 1 unspecified atom stereocenters.